The standard InChI is InChI=1S/C24H20ClN3O6/c25-19-12-11-18(13-21(19)28(32)33)26-22(29)15-34-23(30)14-20(16-7-3-1-4-8-16)27-24(31)17-9-5-2-6-10-17/h1-13,20H,14-15H2,(H,26,29)(H,27,31). The molecule has 2 amide bonds. The summed E-state index contributed by atoms with van der Waals surface area (Å²) >= 11 is 5.75. The molecule has 0 aliphatic rings. The van der Waals surface area contributed by atoms with Gasteiger partial charge in [-0.15, -0.1) is 0 Å². The second kappa shape index (κ2) is 11.6. The second-order valence-electron chi connectivity index (χ2n) is 7.14. The lowest BCUT2D eigenvalue weighted by molar-refractivity contribution is -0.384. The lowest BCUT2D eigenvalue weighted by Gasteiger charge is -2.19. The Morgan fingerprint density at radius 3 is 2.26 bits per heavy atom. The van der Waals surface area contributed by atoms with E-state index in [0.29, 0.717) is 11.1 Å². The minimum absolute atomic E-state index is 0.0704. The van der Waals surface area contributed by atoms with E-state index in [9.17, 15) is 24.5 Å². The zero-order valence-electron chi connectivity index (χ0n) is 17.8. The molecule has 0 bridgehead atoms. The topological polar surface area (TPSA) is 128 Å². The number of halogens is 1. The Labute approximate surface area is 199 Å². The van der Waals surface area contributed by atoms with Gasteiger partial charge in [0.05, 0.1) is 17.4 Å². The first-order valence-electron chi connectivity index (χ1n) is 10.1. The van der Waals surface area contributed by atoms with Crippen LogP contribution in [0.2, 0.25) is 5.02 Å². The minimum Gasteiger partial charge on any atom is -0.455 e. The number of nitrogens with one attached hydrogen (secondary N) is 2. The van der Waals surface area contributed by atoms with Crippen LogP contribution in [0.25, 0.3) is 0 Å². The highest BCUT2D eigenvalue weighted by atomic mass is 35.5. The number of hydrogen-bond acceptors (Lipinski definition) is 6. The fourth-order valence-corrected chi connectivity index (χ4v) is 3.25. The molecule has 1 unspecified atom stereocenters. The van der Waals surface area contributed by atoms with Crippen LogP contribution < -0.4 is 10.6 Å². The van der Waals surface area contributed by atoms with Gasteiger partial charge in [0.1, 0.15) is 5.02 Å². The maximum absolute atomic E-state index is 12.6. The Bertz CT molecular complexity index is 1190. The summed E-state index contributed by atoms with van der Waals surface area (Å²) in [6.07, 6.45) is -0.206. The van der Waals surface area contributed by atoms with Gasteiger partial charge in [0.2, 0.25) is 0 Å². The number of nitro benzene ring substituents is 1. The molecular weight excluding hydrogens is 462 g/mol. The van der Waals surface area contributed by atoms with Crippen LogP contribution in [0.3, 0.4) is 0 Å². The Hall–Kier alpha value is -4.24. The summed E-state index contributed by atoms with van der Waals surface area (Å²) in [4.78, 5) is 47.5. The van der Waals surface area contributed by atoms with Crippen molar-refractivity contribution in [1.29, 1.82) is 0 Å². The molecule has 0 fully saturated rings. The molecule has 0 aromatic heterocycles. The van der Waals surface area contributed by atoms with Crippen LogP contribution in [0, 0.1) is 10.1 Å². The van der Waals surface area contributed by atoms with E-state index in [1.54, 1.807) is 54.6 Å². The number of esters is 1. The van der Waals surface area contributed by atoms with Crippen molar-refractivity contribution < 1.29 is 24.0 Å². The van der Waals surface area contributed by atoms with E-state index >= 15 is 0 Å². The van der Waals surface area contributed by atoms with Gasteiger partial charge < -0.3 is 15.4 Å². The second-order valence-corrected chi connectivity index (χ2v) is 7.55. The minimum atomic E-state index is -0.709. The molecule has 2 N–H and O–H groups in total. The van der Waals surface area contributed by atoms with E-state index in [0.717, 1.165) is 6.07 Å². The van der Waals surface area contributed by atoms with Crippen molar-refractivity contribution in [3.8, 4) is 0 Å². The summed E-state index contributed by atoms with van der Waals surface area (Å²) in [6, 6.07) is 20.6. The van der Waals surface area contributed by atoms with Gasteiger partial charge in [0.15, 0.2) is 6.61 Å². The molecule has 9 nitrogen and oxygen atoms in total. The van der Waals surface area contributed by atoms with Crippen LogP contribution in [-0.2, 0) is 14.3 Å². The Morgan fingerprint density at radius 2 is 1.62 bits per heavy atom. The van der Waals surface area contributed by atoms with Crippen LogP contribution in [-0.4, -0.2) is 29.3 Å². The predicted molar refractivity (Wildman–Crippen MR) is 125 cm³/mol. The Balaban J connectivity index is 1.60. The quantitative estimate of drug-likeness (QED) is 0.266. The van der Waals surface area contributed by atoms with Crippen molar-refractivity contribution in [1.82, 2.24) is 5.32 Å². The predicted octanol–water partition coefficient (Wildman–Crippen LogP) is 4.29. The molecule has 0 spiro atoms. The number of rotatable bonds is 9. The molecule has 0 heterocycles. The fourth-order valence-electron chi connectivity index (χ4n) is 3.07. The van der Waals surface area contributed by atoms with Crippen LogP contribution in [0.4, 0.5) is 11.4 Å². The monoisotopic (exact) mass is 481 g/mol. The number of hydrogen-bond donors (Lipinski definition) is 2. The van der Waals surface area contributed by atoms with Crippen molar-refractivity contribution in [2.45, 2.75) is 12.5 Å². The molecule has 10 heteroatoms. The van der Waals surface area contributed by atoms with Crippen molar-refractivity contribution in [3.63, 3.8) is 0 Å². The number of amides is 2. The highest BCUT2D eigenvalue weighted by molar-refractivity contribution is 6.32. The smallest absolute Gasteiger partial charge is 0.308 e. The van der Waals surface area contributed by atoms with Crippen LogP contribution in [0.5, 0.6) is 0 Å². The third-order valence-electron chi connectivity index (χ3n) is 4.70. The third-order valence-corrected chi connectivity index (χ3v) is 5.02. The van der Waals surface area contributed by atoms with Crippen LogP contribution >= 0.6 is 11.6 Å². The van der Waals surface area contributed by atoms with Crippen LogP contribution in [0.15, 0.2) is 78.9 Å². The van der Waals surface area contributed by atoms with Crippen molar-refractivity contribution in [3.05, 3.63) is 105 Å². The van der Waals surface area contributed by atoms with Crippen molar-refractivity contribution in [2.24, 2.45) is 0 Å². The largest absolute Gasteiger partial charge is 0.455 e. The maximum atomic E-state index is 12.6. The molecule has 3 rings (SSSR count). The third kappa shape index (κ3) is 6.88. The van der Waals surface area contributed by atoms with E-state index < -0.39 is 29.4 Å². The average Bonchev–Trinajstić information content (AvgIpc) is 2.84. The summed E-state index contributed by atoms with van der Waals surface area (Å²) in [5, 5.41) is 16.1. The number of benzene rings is 3. The van der Waals surface area contributed by atoms with Gasteiger partial charge in [-0.1, -0.05) is 60.1 Å². The molecular formula is C24H20ClN3O6. The zero-order chi connectivity index (χ0) is 24.5. The highest BCUT2D eigenvalue weighted by Gasteiger charge is 2.21. The molecule has 3 aromatic rings. The molecule has 0 aliphatic carbocycles. The number of nitro groups is 1. The summed E-state index contributed by atoms with van der Waals surface area (Å²) in [5.41, 5.74) is 0.903. The normalized spacial score (nSPS) is 11.2. The lowest BCUT2D eigenvalue weighted by Crippen LogP contribution is -2.31. The number of carbonyl (C=O) groups excluding carboxylic acids is 3. The summed E-state index contributed by atoms with van der Waals surface area (Å²) in [6.45, 7) is -0.608. The lowest BCUT2D eigenvalue weighted by atomic mass is 10.0. The van der Waals surface area contributed by atoms with E-state index in [4.69, 9.17) is 16.3 Å². The molecule has 34 heavy (non-hydrogen) atoms. The number of carbonyl (C=O) groups is 3. The molecule has 1 atom stereocenters. The van der Waals surface area contributed by atoms with Gasteiger partial charge in [-0.3, -0.25) is 24.5 Å². The SMILES string of the molecule is O=C(COC(=O)CC(NC(=O)c1ccccc1)c1ccccc1)Nc1ccc(Cl)c([N+](=O)[O-])c1. The average molecular weight is 482 g/mol. The molecule has 0 aliphatic heterocycles. The van der Waals surface area contributed by atoms with E-state index in [2.05, 4.69) is 10.6 Å². The molecule has 3 aromatic carbocycles. The number of ether oxygens (including phenoxy) is 1. The Kier molecular flexibility index (Phi) is 8.31. The number of anilines is 1. The molecule has 0 radical (unpaired) electrons. The summed E-state index contributed by atoms with van der Waals surface area (Å²) in [7, 11) is 0. The Morgan fingerprint density at radius 1 is 0.971 bits per heavy atom. The van der Waals surface area contributed by atoms with Gasteiger partial charge in [0, 0.05) is 17.3 Å². The zero-order valence-corrected chi connectivity index (χ0v) is 18.5. The first-order chi connectivity index (χ1) is 16.3. The first-order valence-corrected chi connectivity index (χ1v) is 10.5. The van der Waals surface area contributed by atoms with Gasteiger partial charge in [-0.2, -0.15) is 0 Å². The van der Waals surface area contributed by atoms with E-state index in [-0.39, 0.29) is 28.7 Å². The first kappa shape index (κ1) is 24.4. The molecule has 0 saturated carbocycles. The number of nitrogens with zero attached hydrogens (tertiary/aromatic N) is 1. The van der Waals surface area contributed by atoms with Gasteiger partial charge in [-0.05, 0) is 29.8 Å². The van der Waals surface area contributed by atoms with E-state index in [1.807, 2.05) is 6.07 Å². The highest BCUT2D eigenvalue weighted by Crippen LogP contribution is 2.27. The van der Waals surface area contributed by atoms with E-state index in [1.165, 1.54) is 12.1 Å². The van der Waals surface area contributed by atoms with Gasteiger partial charge in [0.25, 0.3) is 17.5 Å². The van der Waals surface area contributed by atoms with Gasteiger partial charge in [-0.25, -0.2) is 0 Å². The van der Waals surface area contributed by atoms with Gasteiger partial charge >= 0.3 is 5.97 Å². The van der Waals surface area contributed by atoms with Crippen molar-refractivity contribution in [2.75, 3.05) is 11.9 Å². The summed E-state index contributed by atoms with van der Waals surface area (Å²) in [5.74, 6) is -1.75. The van der Waals surface area contributed by atoms with Crippen molar-refractivity contribution >= 4 is 40.8 Å². The fraction of sp³-hybridized carbons (Fsp3) is 0.125. The maximum Gasteiger partial charge on any atom is 0.308 e. The molecule has 174 valence electrons. The molecule has 0 saturated heterocycles. The van der Waals surface area contributed by atoms with Crippen LogP contribution in [0.1, 0.15) is 28.4 Å². The summed E-state index contributed by atoms with van der Waals surface area (Å²) < 4.78 is 5.05.